The third-order valence-corrected chi connectivity index (χ3v) is 5.79. The molecule has 0 saturated carbocycles. The van der Waals surface area contributed by atoms with Crippen LogP contribution in [0.5, 0.6) is 11.6 Å². The fraction of sp³-hybridized carbons (Fsp3) is 0.500. The summed E-state index contributed by atoms with van der Waals surface area (Å²) in [5.41, 5.74) is 1.43. The molecule has 0 aliphatic carbocycles. The highest BCUT2D eigenvalue weighted by Crippen LogP contribution is 2.34. The largest absolute Gasteiger partial charge is 0.484 e. The lowest BCUT2D eigenvalue weighted by Gasteiger charge is -2.32. The molecule has 7 nitrogen and oxygen atoms in total. The molecule has 0 radical (unpaired) electrons. The monoisotopic (exact) mass is 425 g/mol. The molecular formula is C24H31N3O4. The van der Waals surface area contributed by atoms with E-state index in [-0.39, 0.29) is 24.5 Å². The number of aliphatic hydroxyl groups is 1. The Morgan fingerprint density at radius 2 is 1.97 bits per heavy atom. The maximum absolute atomic E-state index is 12.3. The summed E-state index contributed by atoms with van der Waals surface area (Å²) >= 11 is 0. The van der Waals surface area contributed by atoms with Crippen LogP contribution in [-0.2, 0) is 11.3 Å². The van der Waals surface area contributed by atoms with Gasteiger partial charge < -0.3 is 19.9 Å². The van der Waals surface area contributed by atoms with E-state index < -0.39 is 5.60 Å². The number of hydrogen-bond acceptors (Lipinski definition) is 6. The third kappa shape index (κ3) is 5.74. The number of likely N-dealkylation sites (tertiary alicyclic amines) is 1. The van der Waals surface area contributed by atoms with Gasteiger partial charge in [0, 0.05) is 25.2 Å². The van der Waals surface area contributed by atoms with Crippen molar-refractivity contribution in [3.63, 3.8) is 0 Å². The molecule has 2 aliphatic heterocycles. The molecule has 1 saturated heterocycles. The fourth-order valence-corrected chi connectivity index (χ4v) is 3.97. The van der Waals surface area contributed by atoms with Crippen LogP contribution in [0.25, 0.3) is 0 Å². The quantitative estimate of drug-likeness (QED) is 0.740. The van der Waals surface area contributed by atoms with Crippen molar-refractivity contribution < 1.29 is 19.4 Å². The standard InChI is InChI=1S/C24H31N3O4/c1-24(2,29)16-26-22(28)19-9-12-27(13-10-19)14-17-5-7-18(8-6-17)21-15-30-20-4-3-11-25-23(20)31-21/h3-8,11,19,21,29H,9-10,12-16H2,1-2H3,(H,26,28). The number of aromatic nitrogens is 1. The normalized spacial score (nSPS) is 19.8. The van der Waals surface area contributed by atoms with Crippen molar-refractivity contribution in [3.05, 3.63) is 53.7 Å². The lowest BCUT2D eigenvalue weighted by atomic mass is 9.95. The molecule has 1 aromatic carbocycles. The second-order valence-electron chi connectivity index (χ2n) is 9.05. The van der Waals surface area contributed by atoms with E-state index in [4.69, 9.17) is 9.47 Å². The van der Waals surface area contributed by atoms with Gasteiger partial charge in [0.15, 0.2) is 11.9 Å². The van der Waals surface area contributed by atoms with Crippen LogP contribution in [0, 0.1) is 5.92 Å². The summed E-state index contributed by atoms with van der Waals surface area (Å²) in [5, 5.41) is 12.6. The number of nitrogens with zero attached hydrogens (tertiary/aromatic N) is 2. The number of nitrogens with one attached hydrogen (secondary N) is 1. The van der Waals surface area contributed by atoms with E-state index >= 15 is 0 Å². The van der Waals surface area contributed by atoms with Crippen molar-refractivity contribution >= 4 is 5.91 Å². The summed E-state index contributed by atoms with van der Waals surface area (Å²) in [5.74, 6) is 1.31. The van der Waals surface area contributed by atoms with E-state index in [1.165, 1.54) is 5.56 Å². The second-order valence-corrected chi connectivity index (χ2v) is 9.05. The Morgan fingerprint density at radius 1 is 1.23 bits per heavy atom. The minimum Gasteiger partial charge on any atom is -0.484 e. The summed E-state index contributed by atoms with van der Waals surface area (Å²) in [4.78, 5) is 18.9. The first-order chi connectivity index (χ1) is 14.9. The van der Waals surface area contributed by atoms with Gasteiger partial charge in [-0.3, -0.25) is 9.69 Å². The summed E-state index contributed by atoms with van der Waals surface area (Å²) in [7, 11) is 0. The van der Waals surface area contributed by atoms with Crippen molar-refractivity contribution in [3.8, 4) is 11.6 Å². The Kier molecular flexibility index (Phi) is 6.43. The van der Waals surface area contributed by atoms with E-state index in [2.05, 4.69) is 39.5 Å². The number of carbonyl (C=O) groups excluding carboxylic acids is 1. The molecule has 1 aromatic heterocycles. The maximum Gasteiger partial charge on any atom is 0.257 e. The van der Waals surface area contributed by atoms with E-state index in [0.717, 1.165) is 38.0 Å². The van der Waals surface area contributed by atoms with Gasteiger partial charge in [-0.15, -0.1) is 0 Å². The third-order valence-electron chi connectivity index (χ3n) is 5.79. The van der Waals surface area contributed by atoms with E-state index in [1.54, 1.807) is 20.0 Å². The predicted octanol–water partition coefficient (Wildman–Crippen LogP) is 2.69. The topological polar surface area (TPSA) is 83.9 Å². The predicted molar refractivity (Wildman–Crippen MR) is 117 cm³/mol. The summed E-state index contributed by atoms with van der Waals surface area (Å²) in [6.07, 6.45) is 3.23. The molecule has 1 unspecified atom stereocenters. The molecule has 0 spiro atoms. The number of pyridine rings is 1. The summed E-state index contributed by atoms with van der Waals surface area (Å²) < 4.78 is 11.7. The summed E-state index contributed by atoms with van der Waals surface area (Å²) in [6.45, 7) is 6.81. The molecule has 4 rings (SSSR count). The highest BCUT2D eigenvalue weighted by Gasteiger charge is 2.27. The molecule has 31 heavy (non-hydrogen) atoms. The molecule has 3 heterocycles. The molecule has 7 heteroatoms. The van der Waals surface area contributed by atoms with Crippen molar-refractivity contribution in [2.24, 2.45) is 5.92 Å². The van der Waals surface area contributed by atoms with Gasteiger partial charge in [0.2, 0.25) is 5.91 Å². The zero-order chi connectivity index (χ0) is 21.8. The minimum absolute atomic E-state index is 0.0286. The van der Waals surface area contributed by atoms with Gasteiger partial charge in [-0.05, 0) is 63.0 Å². The number of ether oxygens (including phenoxy) is 2. The van der Waals surface area contributed by atoms with E-state index in [9.17, 15) is 9.90 Å². The van der Waals surface area contributed by atoms with Gasteiger partial charge >= 0.3 is 0 Å². The van der Waals surface area contributed by atoms with Crippen LogP contribution in [0.4, 0.5) is 0 Å². The number of benzene rings is 1. The van der Waals surface area contributed by atoms with Gasteiger partial charge in [0.05, 0.1) is 5.60 Å². The number of carbonyl (C=O) groups is 1. The molecule has 1 fully saturated rings. The van der Waals surface area contributed by atoms with Crippen LogP contribution in [0.2, 0.25) is 0 Å². The van der Waals surface area contributed by atoms with Crippen LogP contribution in [0.15, 0.2) is 42.6 Å². The van der Waals surface area contributed by atoms with E-state index in [1.807, 2.05) is 12.1 Å². The van der Waals surface area contributed by atoms with Gasteiger partial charge in [-0.1, -0.05) is 24.3 Å². The van der Waals surface area contributed by atoms with Gasteiger partial charge in [-0.25, -0.2) is 4.98 Å². The Hall–Kier alpha value is -2.64. The van der Waals surface area contributed by atoms with Gasteiger partial charge in [-0.2, -0.15) is 0 Å². The van der Waals surface area contributed by atoms with Crippen molar-refractivity contribution in [1.29, 1.82) is 0 Å². The maximum atomic E-state index is 12.3. The van der Waals surface area contributed by atoms with Gasteiger partial charge in [0.25, 0.3) is 5.88 Å². The molecular weight excluding hydrogens is 394 g/mol. The number of rotatable bonds is 6. The Bertz CT molecular complexity index is 886. The SMILES string of the molecule is CC(C)(O)CNC(=O)C1CCN(Cc2ccc(C3COc4cccnc4O3)cc2)CC1. The summed E-state index contributed by atoms with van der Waals surface area (Å²) in [6, 6.07) is 12.1. The first-order valence-corrected chi connectivity index (χ1v) is 10.9. The van der Waals surface area contributed by atoms with Gasteiger partial charge in [0.1, 0.15) is 6.61 Å². The average Bonchev–Trinajstić information content (AvgIpc) is 2.78. The van der Waals surface area contributed by atoms with Crippen molar-refractivity contribution in [2.45, 2.75) is 44.9 Å². The number of fused-ring (bicyclic) bond motifs is 1. The zero-order valence-electron chi connectivity index (χ0n) is 18.2. The lowest BCUT2D eigenvalue weighted by Crippen LogP contribution is -2.44. The highest BCUT2D eigenvalue weighted by atomic mass is 16.6. The number of amides is 1. The molecule has 0 bridgehead atoms. The first-order valence-electron chi connectivity index (χ1n) is 10.9. The molecule has 166 valence electrons. The smallest absolute Gasteiger partial charge is 0.257 e. The molecule has 1 amide bonds. The fourth-order valence-electron chi connectivity index (χ4n) is 3.97. The first kappa shape index (κ1) is 21.6. The number of piperidine rings is 1. The highest BCUT2D eigenvalue weighted by molar-refractivity contribution is 5.78. The van der Waals surface area contributed by atoms with Crippen molar-refractivity contribution in [2.75, 3.05) is 26.2 Å². The number of hydrogen-bond donors (Lipinski definition) is 2. The molecule has 2 aliphatic rings. The van der Waals surface area contributed by atoms with E-state index in [0.29, 0.717) is 18.2 Å². The zero-order valence-corrected chi connectivity index (χ0v) is 18.2. The molecule has 1 atom stereocenters. The molecule has 2 N–H and O–H groups in total. The van der Waals surface area contributed by atoms with Crippen LogP contribution >= 0.6 is 0 Å². The van der Waals surface area contributed by atoms with Crippen molar-refractivity contribution in [1.82, 2.24) is 15.2 Å². The Balaban J connectivity index is 1.25. The van der Waals surface area contributed by atoms with Crippen LogP contribution < -0.4 is 14.8 Å². The van der Waals surface area contributed by atoms with Crippen LogP contribution in [0.1, 0.15) is 43.9 Å². The Morgan fingerprint density at radius 3 is 2.68 bits per heavy atom. The lowest BCUT2D eigenvalue weighted by molar-refractivity contribution is -0.127. The van der Waals surface area contributed by atoms with Crippen LogP contribution in [-0.4, -0.2) is 52.7 Å². The second kappa shape index (κ2) is 9.24. The molecule has 2 aromatic rings. The minimum atomic E-state index is -0.878. The van der Waals surface area contributed by atoms with Crippen LogP contribution in [0.3, 0.4) is 0 Å². The average molecular weight is 426 g/mol. The Labute approximate surface area is 183 Å².